The van der Waals surface area contributed by atoms with Crippen molar-refractivity contribution in [2.45, 2.75) is 13.8 Å². The minimum atomic E-state index is -0.404. The molecular weight excluding hydrogens is 264 g/mol. The van der Waals surface area contributed by atoms with Crippen LogP contribution in [0.5, 0.6) is 5.88 Å². The lowest BCUT2D eigenvalue weighted by molar-refractivity contribution is 0.0527. The van der Waals surface area contributed by atoms with Gasteiger partial charge >= 0.3 is 5.97 Å². The largest absolute Gasteiger partial charge is 0.477 e. The van der Waals surface area contributed by atoms with E-state index < -0.39 is 5.97 Å². The maximum Gasteiger partial charge on any atom is 0.354 e. The molecule has 5 nitrogen and oxygen atoms in total. The molecule has 0 saturated heterocycles. The molecule has 0 radical (unpaired) electrons. The molecule has 0 aliphatic carbocycles. The Morgan fingerprint density at radius 1 is 1.37 bits per heavy atom. The molecule has 6 heteroatoms. The van der Waals surface area contributed by atoms with E-state index >= 15 is 0 Å². The molecule has 0 spiro atoms. The molecule has 0 unspecified atom stereocenters. The van der Waals surface area contributed by atoms with Gasteiger partial charge in [-0.3, -0.25) is 4.98 Å². The van der Waals surface area contributed by atoms with Crippen molar-refractivity contribution in [1.29, 1.82) is 0 Å². The molecule has 0 aliphatic heterocycles. The first kappa shape index (κ1) is 13.5. The Balaban J connectivity index is 2.37. The molecule has 0 amide bonds. The normalized spacial score (nSPS) is 10.2. The monoisotopic (exact) mass is 278 g/mol. The average Bonchev–Trinajstić information content (AvgIpc) is 2.85. The maximum absolute atomic E-state index is 11.8. The number of carbonyl (C=O) groups is 1. The van der Waals surface area contributed by atoms with Crippen LogP contribution in [0, 0.1) is 0 Å². The molecule has 100 valence electrons. The highest BCUT2D eigenvalue weighted by Gasteiger charge is 2.21. The second-order valence-electron chi connectivity index (χ2n) is 3.55. The second-order valence-corrected chi connectivity index (χ2v) is 4.55. The fraction of sp³-hybridized carbons (Fsp3) is 0.308. The summed E-state index contributed by atoms with van der Waals surface area (Å²) >= 11 is 1.25. The van der Waals surface area contributed by atoms with Crippen LogP contribution < -0.4 is 4.74 Å². The van der Waals surface area contributed by atoms with E-state index in [4.69, 9.17) is 9.47 Å². The SMILES string of the molecule is CCOC(=O)c1sc(-c2cccnc2)nc1OCC. The van der Waals surface area contributed by atoms with Crippen molar-refractivity contribution in [3.63, 3.8) is 0 Å². The third-order valence-electron chi connectivity index (χ3n) is 2.25. The molecule has 19 heavy (non-hydrogen) atoms. The highest BCUT2D eigenvalue weighted by atomic mass is 32.1. The van der Waals surface area contributed by atoms with E-state index in [1.165, 1.54) is 11.3 Å². The third kappa shape index (κ3) is 3.08. The predicted octanol–water partition coefficient (Wildman–Crippen LogP) is 2.78. The molecule has 0 bridgehead atoms. The summed E-state index contributed by atoms with van der Waals surface area (Å²) in [6.07, 6.45) is 3.39. The Bertz CT molecular complexity index is 554. The summed E-state index contributed by atoms with van der Waals surface area (Å²) in [5.74, 6) is -0.0802. The molecule has 0 atom stereocenters. The summed E-state index contributed by atoms with van der Waals surface area (Å²) in [5, 5.41) is 0.694. The summed E-state index contributed by atoms with van der Waals surface area (Å²) in [4.78, 5) is 20.6. The van der Waals surface area contributed by atoms with Gasteiger partial charge in [-0.15, -0.1) is 11.3 Å². The molecule has 2 aromatic heterocycles. The molecule has 0 aromatic carbocycles. The fourth-order valence-electron chi connectivity index (χ4n) is 1.48. The number of ether oxygens (including phenoxy) is 2. The predicted molar refractivity (Wildman–Crippen MR) is 72.5 cm³/mol. The van der Waals surface area contributed by atoms with Gasteiger partial charge in [-0.1, -0.05) is 0 Å². The number of thiazole rings is 1. The Kier molecular flexibility index (Phi) is 4.46. The van der Waals surface area contributed by atoms with Crippen LogP contribution >= 0.6 is 11.3 Å². The molecule has 2 aromatic rings. The number of rotatable bonds is 5. The number of aromatic nitrogens is 2. The van der Waals surface area contributed by atoms with Crippen molar-refractivity contribution in [3.05, 3.63) is 29.4 Å². The second kappa shape index (κ2) is 6.29. The van der Waals surface area contributed by atoms with Crippen molar-refractivity contribution < 1.29 is 14.3 Å². The van der Waals surface area contributed by atoms with Gasteiger partial charge in [0, 0.05) is 18.0 Å². The smallest absolute Gasteiger partial charge is 0.354 e. The minimum absolute atomic E-state index is 0.324. The first-order valence-corrected chi connectivity index (χ1v) is 6.79. The van der Waals surface area contributed by atoms with Gasteiger partial charge < -0.3 is 9.47 Å². The van der Waals surface area contributed by atoms with E-state index in [0.717, 1.165) is 5.56 Å². The van der Waals surface area contributed by atoms with Gasteiger partial charge in [-0.25, -0.2) is 9.78 Å². The minimum Gasteiger partial charge on any atom is -0.477 e. The summed E-state index contributed by atoms with van der Waals surface area (Å²) in [7, 11) is 0. The lowest BCUT2D eigenvalue weighted by Gasteiger charge is -2.01. The number of carbonyl (C=O) groups excluding carboxylic acids is 1. The first-order valence-electron chi connectivity index (χ1n) is 5.97. The number of hydrogen-bond donors (Lipinski definition) is 0. The maximum atomic E-state index is 11.8. The molecule has 2 heterocycles. The highest BCUT2D eigenvalue weighted by molar-refractivity contribution is 7.17. The zero-order valence-corrected chi connectivity index (χ0v) is 11.6. The van der Waals surface area contributed by atoms with Crippen LogP contribution in [0.15, 0.2) is 24.5 Å². The van der Waals surface area contributed by atoms with Crippen LogP contribution in [0.3, 0.4) is 0 Å². The van der Waals surface area contributed by atoms with Crippen LogP contribution in [-0.2, 0) is 4.74 Å². The van der Waals surface area contributed by atoms with Crippen LogP contribution in [0.1, 0.15) is 23.5 Å². The van der Waals surface area contributed by atoms with E-state index in [1.807, 2.05) is 19.1 Å². The van der Waals surface area contributed by atoms with Crippen molar-refractivity contribution >= 4 is 17.3 Å². The lowest BCUT2D eigenvalue weighted by atomic mass is 10.3. The van der Waals surface area contributed by atoms with Gasteiger partial charge in [0.15, 0.2) is 4.88 Å². The topological polar surface area (TPSA) is 61.3 Å². The molecule has 0 saturated carbocycles. The quantitative estimate of drug-likeness (QED) is 0.787. The van der Waals surface area contributed by atoms with Gasteiger partial charge in [-0.2, -0.15) is 0 Å². The zero-order valence-electron chi connectivity index (χ0n) is 10.8. The van der Waals surface area contributed by atoms with Crippen LogP contribution in [0.2, 0.25) is 0 Å². The Morgan fingerprint density at radius 3 is 2.84 bits per heavy atom. The molecule has 0 aliphatic rings. The number of hydrogen-bond acceptors (Lipinski definition) is 6. The van der Waals surface area contributed by atoms with E-state index in [9.17, 15) is 4.79 Å². The average molecular weight is 278 g/mol. The summed E-state index contributed by atoms with van der Waals surface area (Å²) in [5.41, 5.74) is 0.851. The van der Waals surface area contributed by atoms with Gasteiger partial charge in [0.05, 0.1) is 13.2 Å². The summed E-state index contributed by atoms with van der Waals surface area (Å²) < 4.78 is 10.4. The van der Waals surface area contributed by atoms with Crippen molar-refractivity contribution in [1.82, 2.24) is 9.97 Å². The third-order valence-corrected chi connectivity index (χ3v) is 3.31. The van der Waals surface area contributed by atoms with E-state index in [1.54, 1.807) is 19.3 Å². The van der Waals surface area contributed by atoms with Crippen LogP contribution in [-0.4, -0.2) is 29.2 Å². The van der Waals surface area contributed by atoms with E-state index in [-0.39, 0.29) is 0 Å². The number of esters is 1. The Morgan fingerprint density at radius 2 is 2.21 bits per heavy atom. The standard InChI is InChI=1S/C13H14N2O3S/c1-3-17-11-10(13(16)18-4-2)19-12(15-11)9-6-5-7-14-8-9/h5-8H,3-4H2,1-2H3. The van der Waals surface area contributed by atoms with E-state index in [2.05, 4.69) is 9.97 Å². The van der Waals surface area contributed by atoms with Crippen molar-refractivity contribution in [2.75, 3.05) is 13.2 Å². The molecular formula is C13H14N2O3S. The molecule has 0 N–H and O–H groups in total. The molecule has 2 rings (SSSR count). The van der Waals surface area contributed by atoms with Gasteiger partial charge in [-0.05, 0) is 26.0 Å². The summed E-state index contributed by atoms with van der Waals surface area (Å²) in [6, 6.07) is 3.71. The summed E-state index contributed by atoms with van der Waals surface area (Å²) in [6.45, 7) is 4.38. The highest BCUT2D eigenvalue weighted by Crippen LogP contribution is 2.32. The lowest BCUT2D eigenvalue weighted by Crippen LogP contribution is -2.05. The Labute approximate surface area is 115 Å². The zero-order chi connectivity index (χ0) is 13.7. The molecule has 0 fully saturated rings. The van der Waals surface area contributed by atoms with Gasteiger partial charge in [0.25, 0.3) is 0 Å². The van der Waals surface area contributed by atoms with Gasteiger partial charge in [0.1, 0.15) is 5.01 Å². The van der Waals surface area contributed by atoms with E-state index in [0.29, 0.717) is 29.0 Å². The Hall–Kier alpha value is -1.95. The van der Waals surface area contributed by atoms with Crippen molar-refractivity contribution in [2.24, 2.45) is 0 Å². The number of pyridine rings is 1. The fourth-order valence-corrected chi connectivity index (χ4v) is 2.37. The number of nitrogens with zero attached hydrogens (tertiary/aromatic N) is 2. The van der Waals surface area contributed by atoms with Crippen LogP contribution in [0.4, 0.5) is 0 Å². The van der Waals surface area contributed by atoms with Crippen molar-refractivity contribution in [3.8, 4) is 16.5 Å². The first-order chi connectivity index (χ1) is 9.26. The van der Waals surface area contributed by atoms with Crippen LogP contribution in [0.25, 0.3) is 10.6 Å². The van der Waals surface area contributed by atoms with Gasteiger partial charge in [0.2, 0.25) is 5.88 Å².